The fraction of sp³-hybridized carbons (Fsp3) is 0.241. The predicted molar refractivity (Wildman–Crippen MR) is 147 cm³/mol. The van der Waals surface area contributed by atoms with Crippen molar-refractivity contribution in [2.24, 2.45) is 0 Å². The summed E-state index contributed by atoms with van der Waals surface area (Å²) in [5.41, 5.74) is 5.48. The first-order chi connectivity index (χ1) is 18.1. The average molecular weight is 517 g/mol. The van der Waals surface area contributed by atoms with Crippen LogP contribution in [0.25, 0.3) is 0 Å². The molecule has 0 aromatic heterocycles. The zero-order valence-electron chi connectivity index (χ0n) is 21.6. The van der Waals surface area contributed by atoms with E-state index in [2.05, 4.69) is 21.3 Å². The van der Waals surface area contributed by atoms with Gasteiger partial charge in [-0.05, 0) is 73.4 Å². The van der Waals surface area contributed by atoms with Gasteiger partial charge in [0.15, 0.2) is 0 Å². The summed E-state index contributed by atoms with van der Waals surface area (Å²) >= 11 is 0. The second-order valence-corrected chi connectivity index (χ2v) is 9.08. The Hall–Kier alpha value is -4.66. The Labute approximate surface area is 221 Å². The number of carbonyl (C=O) groups is 4. The zero-order chi connectivity index (χ0) is 27.7. The average Bonchev–Trinajstić information content (AvgIpc) is 2.86. The second kappa shape index (κ2) is 13.0. The molecule has 0 saturated heterocycles. The molecule has 0 fully saturated rings. The van der Waals surface area contributed by atoms with Crippen LogP contribution in [0.2, 0.25) is 0 Å². The lowest BCUT2D eigenvalue weighted by atomic mass is 9.98. The Morgan fingerprint density at radius 1 is 0.711 bits per heavy atom. The Morgan fingerprint density at radius 3 is 1.97 bits per heavy atom. The molecule has 0 radical (unpaired) electrons. The van der Waals surface area contributed by atoms with Crippen molar-refractivity contribution < 1.29 is 24.3 Å². The number of anilines is 3. The number of hydrogen-bond acceptors (Lipinski definition) is 4. The van der Waals surface area contributed by atoms with Crippen LogP contribution in [0.5, 0.6) is 0 Å². The van der Waals surface area contributed by atoms with Crippen molar-refractivity contribution in [1.82, 2.24) is 5.32 Å². The van der Waals surface area contributed by atoms with Crippen LogP contribution in [0.15, 0.2) is 66.7 Å². The molecule has 0 aliphatic heterocycles. The van der Waals surface area contributed by atoms with Gasteiger partial charge >= 0.3 is 12.0 Å². The summed E-state index contributed by atoms with van der Waals surface area (Å²) in [5, 5.41) is 20.2. The summed E-state index contributed by atoms with van der Waals surface area (Å²) in [5.74, 6) is -1.81. The Bertz CT molecular complexity index is 1320. The quantitative estimate of drug-likeness (QED) is 0.249. The highest BCUT2D eigenvalue weighted by molar-refractivity contribution is 6.00. The third-order valence-electron chi connectivity index (χ3n) is 6.05. The first-order valence-corrected chi connectivity index (χ1v) is 12.2. The molecule has 3 aromatic rings. The lowest BCUT2D eigenvalue weighted by Crippen LogP contribution is -2.31. The van der Waals surface area contributed by atoms with Crippen LogP contribution in [-0.2, 0) is 14.4 Å². The van der Waals surface area contributed by atoms with E-state index < -0.39 is 17.9 Å². The number of para-hydroxylation sites is 1. The van der Waals surface area contributed by atoms with Crippen LogP contribution in [0.4, 0.5) is 21.9 Å². The fourth-order valence-electron chi connectivity index (χ4n) is 3.76. The number of benzene rings is 3. The fourth-order valence-corrected chi connectivity index (χ4v) is 3.76. The van der Waals surface area contributed by atoms with Gasteiger partial charge in [0.2, 0.25) is 11.8 Å². The normalized spacial score (nSPS) is 11.2. The molecular weight excluding hydrogens is 484 g/mol. The lowest BCUT2D eigenvalue weighted by Gasteiger charge is -2.18. The minimum absolute atomic E-state index is 0.0720. The number of aliphatic carboxylic acids is 1. The number of urea groups is 1. The molecule has 0 heterocycles. The highest BCUT2D eigenvalue weighted by atomic mass is 16.4. The molecule has 1 atom stereocenters. The third-order valence-corrected chi connectivity index (χ3v) is 6.05. The maximum atomic E-state index is 12.5. The Morgan fingerprint density at radius 2 is 1.34 bits per heavy atom. The van der Waals surface area contributed by atoms with Gasteiger partial charge in [0, 0.05) is 29.9 Å². The van der Waals surface area contributed by atoms with Crippen LogP contribution < -0.4 is 21.3 Å². The Kier molecular flexibility index (Phi) is 9.59. The maximum absolute atomic E-state index is 12.5. The number of rotatable bonds is 10. The molecule has 198 valence electrons. The van der Waals surface area contributed by atoms with E-state index in [1.54, 1.807) is 30.3 Å². The van der Waals surface area contributed by atoms with E-state index >= 15 is 0 Å². The topological polar surface area (TPSA) is 137 Å². The summed E-state index contributed by atoms with van der Waals surface area (Å²) < 4.78 is 0. The van der Waals surface area contributed by atoms with Crippen molar-refractivity contribution in [3.8, 4) is 0 Å². The molecule has 4 amide bonds. The summed E-state index contributed by atoms with van der Waals surface area (Å²) in [6.45, 7) is 5.78. The van der Waals surface area contributed by atoms with Gasteiger partial charge in [0.25, 0.3) is 0 Å². The van der Waals surface area contributed by atoms with Crippen molar-refractivity contribution in [2.75, 3.05) is 16.0 Å². The maximum Gasteiger partial charge on any atom is 0.323 e. The SMILES string of the molecule is Cc1ccc([C@H](CC(=O)O)NC(=O)CCC(=O)Nc2ccc(NC(=O)Nc3ccccc3C)cc2)cc1C. The van der Waals surface area contributed by atoms with Gasteiger partial charge in [-0.1, -0.05) is 36.4 Å². The first-order valence-electron chi connectivity index (χ1n) is 12.2. The van der Waals surface area contributed by atoms with Crippen molar-refractivity contribution >= 4 is 40.9 Å². The van der Waals surface area contributed by atoms with E-state index in [0.29, 0.717) is 22.6 Å². The van der Waals surface area contributed by atoms with Crippen LogP contribution in [-0.4, -0.2) is 28.9 Å². The molecule has 9 heteroatoms. The number of nitrogens with one attached hydrogen (secondary N) is 4. The van der Waals surface area contributed by atoms with Gasteiger partial charge in [-0.25, -0.2) is 4.79 Å². The van der Waals surface area contributed by atoms with Gasteiger partial charge in [-0.2, -0.15) is 0 Å². The number of hydrogen-bond donors (Lipinski definition) is 5. The number of carbonyl (C=O) groups excluding carboxylic acids is 3. The van der Waals surface area contributed by atoms with Crippen molar-refractivity contribution in [3.63, 3.8) is 0 Å². The third kappa shape index (κ3) is 8.48. The van der Waals surface area contributed by atoms with Gasteiger partial charge in [0.1, 0.15) is 0 Å². The second-order valence-electron chi connectivity index (χ2n) is 9.08. The molecule has 0 bridgehead atoms. The largest absolute Gasteiger partial charge is 0.481 e. The standard InChI is InChI=1S/C29H32N4O5/c1-18-8-9-21(16-20(18)3)25(17-28(36)37)32-27(35)15-14-26(34)30-22-10-12-23(13-11-22)31-29(38)33-24-7-5-4-6-19(24)2/h4-13,16,25H,14-15,17H2,1-3H3,(H,30,34)(H,32,35)(H,36,37)(H2,31,33,38)/t25-/m0/s1. The summed E-state index contributed by atoms with van der Waals surface area (Å²) in [4.78, 5) is 48.4. The van der Waals surface area contributed by atoms with Gasteiger partial charge in [0.05, 0.1) is 12.5 Å². The van der Waals surface area contributed by atoms with E-state index in [1.807, 2.05) is 57.2 Å². The van der Waals surface area contributed by atoms with E-state index in [9.17, 15) is 24.3 Å². The van der Waals surface area contributed by atoms with Gasteiger partial charge in [-0.3, -0.25) is 14.4 Å². The zero-order valence-corrected chi connectivity index (χ0v) is 21.6. The van der Waals surface area contributed by atoms with E-state index in [4.69, 9.17) is 0 Å². The molecule has 9 nitrogen and oxygen atoms in total. The van der Waals surface area contributed by atoms with E-state index in [1.165, 1.54) is 0 Å². The minimum Gasteiger partial charge on any atom is -0.481 e. The molecular formula is C29H32N4O5. The first kappa shape index (κ1) is 27.9. The molecule has 0 spiro atoms. The number of aryl methyl sites for hydroxylation is 3. The number of carboxylic acid groups (broad SMARTS) is 1. The molecule has 0 aliphatic rings. The van der Waals surface area contributed by atoms with E-state index in [-0.39, 0.29) is 31.2 Å². The molecule has 3 aromatic carbocycles. The van der Waals surface area contributed by atoms with Crippen molar-refractivity contribution in [1.29, 1.82) is 0 Å². The number of carboxylic acids is 1. The van der Waals surface area contributed by atoms with Crippen LogP contribution >= 0.6 is 0 Å². The molecule has 0 aliphatic carbocycles. The monoisotopic (exact) mass is 516 g/mol. The highest BCUT2D eigenvalue weighted by Crippen LogP contribution is 2.21. The highest BCUT2D eigenvalue weighted by Gasteiger charge is 2.19. The Balaban J connectivity index is 1.48. The molecule has 5 N–H and O–H groups in total. The van der Waals surface area contributed by atoms with Crippen LogP contribution in [0, 0.1) is 20.8 Å². The van der Waals surface area contributed by atoms with Gasteiger partial charge < -0.3 is 26.4 Å². The minimum atomic E-state index is -1.03. The molecule has 38 heavy (non-hydrogen) atoms. The van der Waals surface area contributed by atoms with Crippen molar-refractivity contribution in [2.45, 2.75) is 46.1 Å². The van der Waals surface area contributed by atoms with Crippen molar-refractivity contribution in [3.05, 3.63) is 89.0 Å². The summed E-state index contributed by atoms with van der Waals surface area (Å²) in [7, 11) is 0. The van der Waals surface area contributed by atoms with Crippen LogP contribution in [0.3, 0.4) is 0 Å². The van der Waals surface area contributed by atoms with Gasteiger partial charge in [-0.15, -0.1) is 0 Å². The molecule has 0 unspecified atom stereocenters. The molecule has 3 rings (SSSR count). The summed E-state index contributed by atoms with van der Waals surface area (Å²) in [6, 6.07) is 18.5. The smallest absolute Gasteiger partial charge is 0.323 e. The lowest BCUT2D eigenvalue weighted by molar-refractivity contribution is -0.138. The molecule has 0 saturated carbocycles. The summed E-state index contributed by atoms with van der Waals surface area (Å²) in [6.07, 6.45) is -0.424. The number of amides is 4. The van der Waals surface area contributed by atoms with Crippen LogP contribution in [0.1, 0.15) is 47.6 Å². The predicted octanol–water partition coefficient (Wildman–Crippen LogP) is 5.31. The van der Waals surface area contributed by atoms with E-state index in [0.717, 1.165) is 16.7 Å².